The molecule has 3 nitrogen and oxygen atoms in total. The van der Waals surface area contributed by atoms with Crippen molar-refractivity contribution in [3.63, 3.8) is 0 Å². The van der Waals surface area contributed by atoms with Crippen molar-refractivity contribution in [3.05, 3.63) is 65.2 Å². The largest absolute Gasteiger partial charge is 0.345 e. The van der Waals surface area contributed by atoms with E-state index in [0.29, 0.717) is 16.6 Å². The molecule has 0 saturated heterocycles. The highest BCUT2D eigenvalue weighted by molar-refractivity contribution is 6.16. The van der Waals surface area contributed by atoms with Gasteiger partial charge >= 0.3 is 0 Å². The predicted molar refractivity (Wildman–Crippen MR) is 70.7 cm³/mol. The molecule has 0 aliphatic rings. The number of aromatic amines is 1. The van der Waals surface area contributed by atoms with E-state index in [9.17, 15) is 9.18 Å². The van der Waals surface area contributed by atoms with Gasteiger partial charge in [-0.2, -0.15) is 0 Å². The molecule has 19 heavy (non-hydrogen) atoms. The molecule has 2 aromatic heterocycles. The number of aromatic nitrogens is 2. The summed E-state index contributed by atoms with van der Waals surface area (Å²) in [4.78, 5) is 19.4. The van der Waals surface area contributed by atoms with Crippen molar-refractivity contribution in [1.29, 1.82) is 0 Å². The Bertz CT molecular complexity index is 777. The second-order valence-corrected chi connectivity index (χ2v) is 4.41. The second kappa shape index (κ2) is 4.31. The third kappa shape index (κ3) is 1.91. The van der Waals surface area contributed by atoms with Crippen LogP contribution in [-0.4, -0.2) is 15.8 Å². The monoisotopic (exact) mass is 254 g/mol. The fourth-order valence-corrected chi connectivity index (χ4v) is 2.10. The quantitative estimate of drug-likeness (QED) is 0.713. The molecule has 0 unspecified atom stereocenters. The van der Waals surface area contributed by atoms with Crippen LogP contribution in [0.15, 0.2) is 42.7 Å². The molecule has 4 heteroatoms. The van der Waals surface area contributed by atoms with Crippen LogP contribution in [0.2, 0.25) is 0 Å². The Balaban J connectivity index is 2.16. The van der Waals surface area contributed by atoms with Gasteiger partial charge in [-0.25, -0.2) is 9.37 Å². The minimum Gasteiger partial charge on any atom is -0.345 e. The van der Waals surface area contributed by atoms with Crippen LogP contribution in [0.4, 0.5) is 4.39 Å². The number of benzene rings is 1. The van der Waals surface area contributed by atoms with Crippen molar-refractivity contribution < 1.29 is 9.18 Å². The molecule has 1 N–H and O–H groups in total. The van der Waals surface area contributed by atoms with Gasteiger partial charge in [0.1, 0.15) is 11.5 Å². The first-order valence-electron chi connectivity index (χ1n) is 5.90. The average molecular weight is 254 g/mol. The van der Waals surface area contributed by atoms with E-state index in [-0.39, 0.29) is 11.3 Å². The van der Waals surface area contributed by atoms with E-state index in [1.54, 1.807) is 36.7 Å². The molecule has 3 rings (SSSR count). The molecule has 0 radical (unpaired) electrons. The van der Waals surface area contributed by atoms with Gasteiger partial charge < -0.3 is 4.98 Å². The number of hydrogen-bond acceptors (Lipinski definition) is 2. The minimum absolute atomic E-state index is 0.0877. The van der Waals surface area contributed by atoms with Crippen LogP contribution in [0, 0.1) is 12.7 Å². The van der Waals surface area contributed by atoms with Gasteiger partial charge in [0.25, 0.3) is 0 Å². The van der Waals surface area contributed by atoms with Gasteiger partial charge in [0.15, 0.2) is 5.78 Å². The molecule has 1 aromatic carbocycles. The van der Waals surface area contributed by atoms with Crippen LogP contribution >= 0.6 is 0 Å². The van der Waals surface area contributed by atoms with E-state index in [1.807, 2.05) is 6.92 Å². The van der Waals surface area contributed by atoms with Crippen molar-refractivity contribution in [3.8, 4) is 0 Å². The number of ketones is 1. The smallest absolute Gasteiger partial charge is 0.198 e. The van der Waals surface area contributed by atoms with Gasteiger partial charge in [0.05, 0.1) is 5.56 Å². The van der Waals surface area contributed by atoms with E-state index >= 15 is 0 Å². The van der Waals surface area contributed by atoms with E-state index < -0.39 is 5.82 Å². The number of carbonyl (C=O) groups is 1. The Labute approximate surface area is 109 Å². The van der Waals surface area contributed by atoms with Crippen LogP contribution in [0.1, 0.15) is 21.5 Å². The molecule has 0 atom stereocenters. The predicted octanol–water partition coefficient (Wildman–Crippen LogP) is 3.24. The average Bonchev–Trinajstić information content (AvgIpc) is 2.84. The number of aryl methyl sites for hydroxylation is 1. The maximum atomic E-state index is 13.8. The topological polar surface area (TPSA) is 45.8 Å². The number of hydrogen-bond donors (Lipinski definition) is 1. The molecule has 0 amide bonds. The van der Waals surface area contributed by atoms with Crippen molar-refractivity contribution in [1.82, 2.24) is 9.97 Å². The number of H-pyrrole nitrogens is 1. The van der Waals surface area contributed by atoms with Gasteiger partial charge in [0.2, 0.25) is 0 Å². The van der Waals surface area contributed by atoms with Crippen LogP contribution in [-0.2, 0) is 0 Å². The van der Waals surface area contributed by atoms with Crippen molar-refractivity contribution in [2.24, 2.45) is 0 Å². The molecule has 0 fully saturated rings. The Morgan fingerprint density at radius 1 is 1.26 bits per heavy atom. The highest BCUT2D eigenvalue weighted by Gasteiger charge is 2.17. The number of halogens is 1. The molecule has 0 saturated carbocycles. The van der Waals surface area contributed by atoms with Crippen LogP contribution in [0.5, 0.6) is 0 Å². The lowest BCUT2D eigenvalue weighted by Crippen LogP contribution is -2.04. The summed E-state index contributed by atoms with van der Waals surface area (Å²) < 4.78 is 13.8. The van der Waals surface area contributed by atoms with Gasteiger partial charge in [-0.05, 0) is 31.2 Å². The maximum Gasteiger partial charge on any atom is 0.198 e. The number of nitrogens with one attached hydrogen (secondary N) is 1. The lowest BCUT2D eigenvalue weighted by molar-refractivity contribution is 0.103. The number of fused-ring (bicyclic) bond motifs is 1. The summed E-state index contributed by atoms with van der Waals surface area (Å²) in [6.07, 6.45) is 3.21. The van der Waals surface area contributed by atoms with Gasteiger partial charge in [-0.1, -0.05) is 11.6 Å². The number of rotatable bonds is 2. The first-order chi connectivity index (χ1) is 9.16. The van der Waals surface area contributed by atoms with E-state index in [4.69, 9.17) is 0 Å². The standard InChI is InChI=1S/C15H11FN2O/c1-9-4-5-13(16)11(7-9)14(19)12-8-18-15-10(12)3-2-6-17-15/h2-8H,1H3,(H,17,18). The Morgan fingerprint density at radius 3 is 2.95 bits per heavy atom. The molecule has 0 aliphatic heterocycles. The van der Waals surface area contributed by atoms with Gasteiger partial charge in [-0.15, -0.1) is 0 Å². The van der Waals surface area contributed by atoms with Crippen LogP contribution < -0.4 is 0 Å². The molecular formula is C15H11FN2O. The zero-order chi connectivity index (χ0) is 13.4. The molecule has 0 spiro atoms. The molecule has 0 aliphatic carbocycles. The van der Waals surface area contributed by atoms with Crippen LogP contribution in [0.25, 0.3) is 11.0 Å². The molecule has 3 aromatic rings. The van der Waals surface area contributed by atoms with Crippen molar-refractivity contribution in [2.75, 3.05) is 0 Å². The van der Waals surface area contributed by atoms with E-state index in [0.717, 1.165) is 5.56 Å². The number of pyridine rings is 1. The summed E-state index contributed by atoms with van der Waals surface area (Å²) >= 11 is 0. The Morgan fingerprint density at radius 2 is 2.11 bits per heavy atom. The SMILES string of the molecule is Cc1ccc(F)c(C(=O)c2c[nH]c3ncccc23)c1. The Kier molecular flexibility index (Phi) is 2.63. The lowest BCUT2D eigenvalue weighted by Gasteiger charge is -2.03. The third-order valence-corrected chi connectivity index (χ3v) is 3.06. The van der Waals surface area contributed by atoms with E-state index in [2.05, 4.69) is 9.97 Å². The minimum atomic E-state index is -0.506. The number of carbonyl (C=O) groups excluding carboxylic acids is 1. The fourth-order valence-electron chi connectivity index (χ4n) is 2.10. The third-order valence-electron chi connectivity index (χ3n) is 3.06. The normalized spacial score (nSPS) is 10.8. The van der Waals surface area contributed by atoms with Crippen molar-refractivity contribution >= 4 is 16.8 Å². The van der Waals surface area contributed by atoms with Gasteiger partial charge in [-0.3, -0.25) is 4.79 Å². The zero-order valence-corrected chi connectivity index (χ0v) is 10.3. The molecular weight excluding hydrogens is 243 g/mol. The van der Waals surface area contributed by atoms with Crippen LogP contribution in [0.3, 0.4) is 0 Å². The molecule has 2 heterocycles. The molecule has 94 valence electrons. The zero-order valence-electron chi connectivity index (χ0n) is 10.3. The summed E-state index contributed by atoms with van der Waals surface area (Å²) in [5.41, 5.74) is 2.00. The maximum absolute atomic E-state index is 13.8. The van der Waals surface area contributed by atoms with Crippen molar-refractivity contribution in [2.45, 2.75) is 6.92 Å². The number of nitrogens with zero attached hydrogens (tertiary/aromatic N) is 1. The summed E-state index contributed by atoms with van der Waals surface area (Å²) in [6.45, 7) is 1.83. The van der Waals surface area contributed by atoms with E-state index in [1.165, 1.54) is 6.07 Å². The Hall–Kier alpha value is -2.49. The summed E-state index contributed by atoms with van der Waals surface area (Å²) in [6, 6.07) is 8.06. The first kappa shape index (κ1) is 11.6. The fraction of sp³-hybridized carbons (Fsp3) is 0.0667. The highest BCUT2D eigenvalue weighted by Crippen LogP contribution is 2.21. The summed E-state index contributed by atoms with van der Waals surface area (Å²) in [5.74, 6) is -0.839. The second-order valence-electron chi connectivity index (χ2n) is 4.41. The van der Waals surface area contributed by atoms with Gasteiger partial charge in [0, 0.05) is 23.3 Å². The summed E-state index contributed by atoms with van der Waals surface area (Å²) in [5, 5.41) is 0.702. The molecule has 0 bridgehead atoms. The first-order valence-corrected chi connectivity index (χ1v) is 5.90. The lowest BCUT2D eigenvalue weighted by atomic mass is 10.0. The summed E-state index contributed by atoms with van der Waals surface area (Å²) in [7, 11) is 0. The highest BCUT2D eigenvalue weighted by atomic mass is 19.1.